The van der Waals surface area contributed by atoms with Gasteiger partial charge in [0, 0.05) is 18.8 Å². The number of imidazole rings is 1. The van der Waals surface area contributed by atoms with E-state index >= 15 is 0 Å². The Hall–Kier alpha value is -3.71. The molecule has 202 valence electrons. The van der Waals surface area contributed by atoms with Gasteiger partial charge in [-0.2, -0.15) is 30.8 Å². The van der Waals surface area contributed by atoms with Crippen LogP contribution in [0.2, 0.25) is 0 Å². The van der Waals surface area contributed by atoms with Crippen LogP contribution in [0.15, 0.2) is 67.3 Å². The first kappa shape index (κ1) is 27.3. The van der Waals surface area contributed by atoms with Crippen molar-refractivity contribution in [3.05, 3.63) is 89.5 Å². The number of ether oxygens (including phenoxy) is 1. The predicted molar refractivity (Wildman–Crippen MR) is 121 cm³/mol. The molecule has 1 fully saturated rings. The summed E-state index contributed by atoms with van der Waals surface area (Å²) < 4.78 is 85.9. The minimum absolute atomic E-state index is 0.0529. The number of amides is 3. The van der Waals surface area contributed by atoms with Gasteiger partial charge in [-0.3, -0.25) is 0 Å². The molecule has 1 saturated heterocycles. The number of carbonyl (C=O) groups excluding carboxylic acids is 2. The van der Waals surface area contributed by atoms with Crippen LogP contribution in [0.25, 0.3) is 0 Å². The van der Waals surface area contributed by atoms with E-state index in [4.69, 9.17) is 10.5 Å². The molecule has 4 rings (SSSR count). The highest BCUT2D eigenvalue weighted by molar-refractivity contribution is 5.83. The summed E-state index contributed by atoms with van der Waals surface area (Å²) in [5, 5.41) is 0. The molecule has 0 radical (unpaired) electrons. The van der Waals surface area contributed by atoms with E-state index in [1.165, 1.54) is 18.7 Å². The first-order chi connectivity index (χ1) is 17.8. The molecule has 1 aromatic heterocycles. The van der Waals surface area contributed by atoms with Gasteiger partial charge in [0.25, 0.3) is 0 Å². The van der Waals surface area contributed by atoms with E-state index in [0.29, 0.717) is 17.7 Å². The fourth-order valence-electron chi connectivity index (χ4n) is 4.68. The highest BCUT2D eigenvalue weighted by Crippen LogP contribution is 2.38. The maximum Gasteiger partial charge on any atom is 0.437 e. The lowest BCUT2D eigenvalue weighted by Crippen LogP contribution is -2.66. The first-order valence-corrected chi connectivity index (χ1v) is 11.5. The van der Waals surface area contributed by atoms with Crippen LogP contribution in [0.3, 0.4) is 0 Å². The molecule has 0 aliphatic carbocycles. The van der Waals surface area contributed by atoms with Crippen molar-refractivity contribution in [3.63, 3.8) is 0 Å². The number of imide groups is 1. The van der Waals surface area contributed by atoms with Gasteiger partial charge in [-0.1, -0.05) is 30.3 Å². The van der Waals surface area contributed by atoms with Gasteiger partial charge in [0.2, 0.25) is 0 Å². The number of halogens is 6. The average Bonchev–Trinajstić information content (AvgIpc) is 3.41. The monoisotopic (exact) mass is 541 g/mol. The third-order valence-corrected chi connectivity index (χ3v) is 6.61. The van der Waals surface area contributed by atoms with Gasteiger partial charge in [-0.15, -0.1) is 0 Å². The summed E-state index contributed by atoms with van der Waals surface area (Å²) in [6, 6.07) is 8.39. The molecule has 1 unspecified atom stereocenters. The molecule has 7 nitrogen and oxygen atoms in total. The number of nitrogens with two attached hydrogens (primary N) is 1. The van der Waals surface area contributed by atoms with Crippen molar-refractivity contribution in [1.29, 1.82) is 0 Å². The van der Waals surface area contributed by atoms with Crippen molar-refractivity contribution in [2.45, 2.75) is 37.4 Å². The summed E-state index contributed by atoms with van der Waals surface area (Å²) >= 11 is 0. The van der Waals surface area contributed by atoms with Crippen LogP contribution in [0.4, 0.5) is 35.9 Å². The van der Waals surface area contributed by atoms with Gasteiger partial charge < -0.3 is 10.5 Å². The Morgan fingerprint density at radius 3 is 2.18 bits per heavy atom. The van der Waals surface area contributed by atoms with Crippen LogP contribution < -0.4 is 5.73 Å². The fourth-order valence-corrected chi connectivity index (χ4v) is 4.68. The Morgan fingerprint density at radius 2 is 1.66 bits per heavy atom. The lowest BCUT2D eigenvalue weighted by Gasteiger charge is -2.41. The number of primary amides is 1. The number of hydrogen-bond acceptors (Lipinski definition) is 4. The molecule has 38 heavy (non-hydrogen) atoms. The number of urea groups is 1. The van der Waals surface area contributed by atoms with E-state index in [1.54, 1.807) is 30.3 Å². The minimum atomic E-state index is -4.99. The number of likely N-dealkylation sites (tertiary alicyclic amines) is 1. The number of aromatic nitrogens is 2. The molecule has 1 aliphatic heterocycles. The van der Waals surface area contributed by atoms with E-state index in [2.05, 4.69) is 4.98 Å². The van der Waals surface area contributed by atoms with Crippen molar-refractivity contribution < 1.29 is 45.2 Å². The molecule has 0 bridgehead atoms. The zero-order chi connectivity index (χ0) is 27.7. The van der Waals surface area contributed by atoms with Crippen LogP contribution in [0, 0.1) is 0 Å². The molecule has 1 aliphatic rings. The van der Waals surface area contributed by atoms with Crippen molar-refractivity contribution >= 4 is 12.1 Å². The van der Waals surface area contributed by atoms with Crippen molar-refractivity contribution in [1.82, 2.24) is 9.55 Å². The molecular formula is C25H23F6N4O3+. The van der Waals surface area contributed by atoms with Crippen molar-refractivity contribution in [2.24, 2.45) is 5.73 Å². The van der Waals surface area contributed by atoms with Crippen LogP contribution >= 0.6 is 0 Å². The van der Waals surface area contributed by atoms with E-state index in [1.807, 2.05) is 0 Å². The molecule has 13 heteroatoms. The number of hydrogen-bond donors (Lipinski definition) is 1. The number of rotatable bonds is 4. The summed E-state index contributed by atoms with van der Waals surface area (Å²) in [6.07, 6.45) is -6.66. The second kappa shape index (κ2) is 10.2. The zero-order valence-corrected chi connectivity index (χ0v) is 19.7. The Bertz CT molecular complexity index is 1260. The molecule has 3 aromatic rings. The number of alkyl halides is 6. The fraction of sp³-hybridized carbons (Fsp3) is 0.320. The van der Waals surface area contributed by atoms with Gasteiger partial charge in [0.15, 0.2) is 0 Å². The second-order valence-electron chi connectivity index (χ2n) is 9.03. The summed E-state index contributed by atoms with van der Waals surface area (Å²) in [5.74, 6) is -0.627. The molecule has 2 N–H and O–H groups in total. The Morgan fingerprint density at radius 1 is 1.03 bits per heavy atom. The minimum Gasteiger partial charge on any atom is -0.372 e. The standard InChI is InChI=1S/C25H22F6N4O3/c26-24(27,28)18-10-16(11-19(12-18)25(29,30)31)14-38-21-6-9-35(22(32)36,23(37)34-8-7-33-15-34)13-20(21)17-4-2-1-3-5-17/h1-5,7-8,10-12,15,20-21H,6,9,13-14H2,(H-,32,36)/p+1/t20-,21?,35-/m0/s1. The van der Waals surface area contributed by atoms with Gasteiger partial charge in [0.1, 0.15) is 12.9 Å². The number of quaternary nitrogens is 1. The Kier molecular flexibility index (Phi) is 7.35. The van der Waals surface area contributed by atoms with E-state index in [-0.39, 0.29) is 31.1 Å². The Labute approximate surface area is 213 Å². The summed E-state index contributed by atoms with van der Waals surface area (Å²) in [6.45, 7) is -0.763. The van der Waals surface area contributed by atoms with Crippen molar-refractivity contribution in [2.75, 3.05) is 13.1 Å². The van der Waals surface area contributed by atoms with Gasteiger partial charge in [-0.25, -0.2) is 19.1 Å². The summed E-state index contributed by atoms with van der Waals surface area (Å²) in [5.41, 5.74) is 3.17. The van der Waals surface area contributed by atoms with Gasteiger partial charge >= 0.3 is 24.4 Å². The number of benzene rings is 2. The predicted octanol–water partition coefficient (Wildman–Crippen LogP) is 5.56. The smallest absolute Gasteiger partial charge is 0.372 e. The highest BCUT2D eigenvalue weighted by atomic mass is 19.4. The largest absolute Gasteiger partial charge is 0.437 e. The second-order valence-corrected chi connectivity index (χ2v) is 9.03. The van der Waals surface area contributed by atoms with Crippen LogP contribution in [0.5, 0.6) is 0 Å². The summed E-state index contributed by atoms with van der Waals surface area (Å²) in [4.78, 5) is 29.7. The van der Waals surface area contributed by atoms with Gasteiger partial charge in [-0.05, 0) is 29.3 Å². The summed E-state index contributed by atoms with van der Waals surface area (Å²) in [7, 11) is 0. The SMILES string of the molecule is NC(=O)[N@+]1(C(=O)n2ccnc2)CCC(OCc2cc(C(F)(F)F)cc(C(F)(F)F)c2)[C@H](c2ccccc2)C1. The van der Waals surface area contributed by atoms with Crippen LogP contribution in [0.1, 0.15) is 34.6 Å². The molecule has 0 saturated carbocycles. The first-order valence-electron chi connectivity index (χ1n) is 11.5. The third kappa shape index (κ3) is 5.58. The molecule has 2 heterocycles. The van der Waals surface area contributed by atoms with Crippen molar-refractivity contribution in [3.8, 4) is 0 Å². The average molecular weight is 541 g/mol. The number of piperidine rings is 1. The lowest BCUT2D eigenvalue weighted by atomic mass is 9.86. The third-order valence-electron chi connectivity index (χ3n) is 6.61. The molecule has 3 amide bonds. The molecule has 3 atom stereocenters. The van der Waals surface area contributed by atoms with Crippen LogP contribution in [-0.4, -0.2) is 45.3 Å². The molecule has 2 aromatic carbocycles. The number of nitrogens with zero attached hydrogens (tertiary/aromatic N) is 3. The molecule has 0 spiro atoms. The highest BCUT2D eigenvalue weighted by Gasteiger charge is 2.52. The number of carbonyl (C=O) groups is 2. The van der Waals surface area contributed by atoms with Crippen LogP contribution in [-0.2, 0) is 23.7 Å². The quantitative estimate of drug-likeness (QED) is 0.346. The topological polar surface area (TPSA) is 87.2 Å². The normalized spacial score (nSPS) is 22.3. The maximum atomic E-state index is 13.3. The van der Waals surface area contributed by atoms with E-state index in [0.717, 1.165) is 4.57 Å². The maximum absolute atomic E-state index is 13.3. The lowest BCUT2D eigenvalue weighted by molar-refractivity contribution is -0.777. The molecular weight excluding hydrogens is 518 g/mol. The van der Waals surface area contributed by atoms with Gasteiger partial charge in [0.05, 0.1) is 36.3 Å². The van der Waals surface area contributed by atoms with E-state index < -0.39 is 58.7 Å². The van der Waals surface area contributed by atoms with E-state index in [9.17, 15) is 35.9 Å². The Balaban J connectivity index is 1.65. The zero-order valence-electron chi connectivity index (χ0n) is 19.7.